The number of para-hydroxylation sites is 3. The lowest BCUT2D eigenvalue weighted by molar-refractivity contribution is -0.112. The minimum Gasteiger partial charge on any atom is -0.493 e. The first-order valence-corrected chi connectivity index (χ1v) is 11.3. The summed E-state index contributed by atoms with van der Waals surface area (Å²) in [7, 11) is 0. The quantitative estimate of drug-likeness (QED) is 0.260. The molecule has 0 fully saturated rings. The van der Waals surface area contributed by atoms with Crippen molar-refractivity contribution in [2.24, 2.45) is 0 Å². The highest BCUT2D eigenvalue weighted by Crippen LogP contribution is 2.30. The van der Waals surface area contributed by atoms with Gasteiger partial charge in [0.25, 0.3) is 5.91 Å². The van der Waals surface area contributed by atoms with Crippen LogP contribution in [0.3, 0.4) is 0 Å². The Hall–Kier alpha value is -4.24. The molecule has 1 N–H and O–H groups in total. The van der Waals surface area contributed by atoms with E-state index in [9.17, 15) is 10.1 Å². The van der Waals surface area contributed by atoms with Crippen molar-refractivity contribution in [2.75, 3.05) is 18.5 Å². The number of hydrogen-bond acceptors (Lipinski definition) is 5. The van der Waals surface area contributed by atoms with Gasteiger partial charge in [-0.25, -0.2) is 0 Å². The SMILES string of the molecule is CCCOc1ccc(/C=C(/C#N)C(=O)Nc2ccccc2Oc2ccccc2)c(OCCC)c1. The Morgan fingerprint density at radius 2 is 1.59 bits per heavy atom. The van der Waals surface area contributed by atoms with Gasteiger partial charge in [-0.15, -0.1) is 0 Å². The average molecular weight is 457 g/mol. The van der Waals surface area contributed by atoms with E-state index in [1.54, 1.807) is 36.4 Å². The number of carbonyl (C=O) groups is 1. The van der Waals surface area contributed by atoms with E-state index in [-0.39, 0.29) is 5.57 Å². The summed E-state index contributed by atoms with van der Waals surface area (Å²) in [6.45, 7) is 5.15. The van der Waals surface area contributed by atoms with Crippen LogP contribution in [0.2, 0.25) is 0 Å². The number of nitrogens with one attached hydrogen (secondary N) is 1. The number of ether oxygens (including phenoxy) is 3. The molecule has 0 atom stereocenters. The lowest BCUT2D eigenvalue weighted by Gasteiger charge is -2.13. The maximum Gasteiger partial charge on any atom is 0.266 e. The molecule has 6 nitrogen and oxygen atoms in total. The average Bonchev–Trinajstić information content (AvgIpc) is 2.87. The number of carbonyl (C=O) groups excluding carboxylic acids is 1. The second-order valence-electron chi connectivity index (χ2n) is 7.43. The van der Waals surface area contributed by atoms with E-state index in [0.717, 1.165) is 12.8 Å². The largest absolute Gasteiger partial charge is 0.493 e. The van der Waals surface area contributed by atoms with Gasteiger partial charge in [0.2, 0.25) is 0 Å². The normalized spacial score (nSPS) is 10.8. The minimum absolute atomic E-state index is 0.0573. The standard InChI is InChI=1S/C28H28N2O4/c1-3-16-32-24-15-14-21(27(19-24)33-17-4-2)18-22(20-29)28(31)30-25-12-8-9-13-26(25)34-23-10-6-5-7-11-23/h5-15,18-19H,3-4,16-17H2,1-2H3,(H,30,31)/b22-18-. The van der Waals surface area contributed by atoms with E-state index in [1.165, 1.54) is 6.08 Å². The number of nitrogens with zero attached hydrogens (tertiary/aromatic N) is 1. The van der Waals surface area contributed by atoms with Crippen molar-refractivity contribution in [1.29, 1.82) is 5.26 Å². The minimum atomic E-state index is -0.542. The van der Waals surface area contributed by atoms with Crippen LogP contribution in [0.15, 0.2) is 78.4 Å². The molecule has 174 valence electrons. The molecule has 3 rings (SSSR count). The molecule has 0 aliphatic heterocycles. The molecule has 0 bridgehead atoms. The predicted octanol–water partition coefficient (Wildman–Crippen LogP) is 6.60. The van der Waals surface area contributed by atoms with Crippen molar-refractivity contribution < 1.29 is 19.0 Å². The van der Waals surface area contributed by atoms with Crippen molar-refractivity contribution in [2.45, 2.75) is 26.7 Å². The smallest absolute Gasteiger partial charge is 0.266 e. The van der Waals surface area contributed by atoms with E-state index in [1.807, 2.05) is 56.3 Å². The van der Waals surface area contributed by atoms with Crippen LogP contribution in [-0.2, 0) is 4.79 Å². The topological polar surface area (TPSA) is 80.6 Å². The number of nitriles is 1. The molecule has 0 aliphatic carbocycles. The van der Waals surface area contributed by atoms with Crippen LogP contribution in [0, 0.1) is 11.3 Å². The first-order chi connectivity index (χ1) is 16.6. The number of rotatable bonds is 11. The van der Waals surface area contributed by atoms with Crippen molar-refractivity contribution >= 4 is 17.7 Å². The van der Waals surface area contributed by atoms with Crippen molar-refractivity contribution in [1.82, 2.24) is 0 Å². The summed E-state index contributed by atoms with van der Waals surface area (Å²) in [5.74, 6) is 1.82. The lowest BCUT2D eigenvalue weighted by atomic mass is 10.1. The van der Waals surface area contributed by atoms with E-state index in [4.69, 9.17) is 14.2 Å². The lowest BCUT2D eigenvalue weighted by Crippen LogP contribution is -2.14. The zero-order valence-electron chi connectivity index (χ0n) is 19.4. The zero-order chi connectivity index (χ0) is 24.2. The van der Waals surface area contributed by atoms with Crippen LogP contribution in [0.25, 0.3) is 6.08 Å². The fourth-order valence-electron chi connectivity index (χ4n) is 3.05. The van der Waals surface area contributed by atoms with Crippen LogP contribution in [-0.4, -0.2) is 19.1 Å². The third-order valence-electron chi connectivity index (χ3n) is 4.69. The van der Waals surface area contributed by atoms with Crippen LogP contribution in [0.1, 0.15) is 32.3 Å². The van der Waals surface area contributed by atoms with Crippen LogP contribution < -0.4 is 19.5 Å². The highest BCUT2D eigenvalue weighted by molar-refractivity contribution is 6.10. The zero-order valence-corrected chi connectivity index (χ0v) is 19.4. The van der Waals surface area contributed by atoms with Gasteiger partial charge >= 0.3 is 0 Å². The number of benzene rings is 3. The summed E-state index contributed by atoms with van der Waals surface area (Å²) in [5, 5.41) is 12.5. The molecule has 0 radical (unpaired) electrons. The Balaban J connectivity index is 1.83. The molecule has 0 heterocycles. The van der Waals surface area contributed by atoms with Crippen molar-refractivity contribution in [3.8, 4) is 29.1 Å². The molecule has 0 unspecified atom stereocenters. The fourth-order valence-corrected chi connectivity index (χ4v) is 3.05. The Labute approximate surface area is 200 Å². The summed E-state index contributed by atoms with van der Waals surface area (Å²) >= 11 is 0. The van der Waals surface area contributed by atoms with Gasteiger partial charge < -0.3 is 19.5 Å². The summed E-state index contributed by atoms with van der Waals surface area (Å²) in [6.07, 6.45) is 3.23. The van der Waals surface area contributed by atoms with Crippen molar-refractivity contribution in [3.63, 3.8) is 0 Å². The highest BCUT2D eigenvalue weighted by atomic mass is 16.5. The van der Waals surface area contributed by atoms with Crippen LogP contribution >= 0.6 is 0 Å². The predicted molar refractivity (Wildman–Crippen MR) is 133 cm³/mol. The summed E-state index contributed by atoms with van der Waals surface area (Å²) < 4.78 is 17.4. The monoisotopic (exact) mass is 456 g/mol. The summed E-state index contributed by atoms with van der Waals surface area (Å²) in [5.41, 5.74) is 1.03. The molecule has 3 aromatic carbocycles. The highest BCUT2D eigenvalue weighted by Gasteiger charge is 2.15. The molecule has 0 aromatic heterocycles. The third-order valence-corrected chi connectivity index (χ3v) is 4.69. The van der Waals surface area contributed by atoms with E-state index >= 15 is 0 Å². The van der Waals surface area contributed by atoms with Gasteiger partial charge in [-0.3, -0.25) is 4.79 Å². The van der Waals surface area contributed by atoms with Gasteiger partial charge in [-0.1, -0.05) is 44.2 Å². The maximum atomic E-state index is 13.0. The molecular formula is C28H28N2O4. The van der Waals surface area contributed by atoms with Crippen LogP contribution in [0.4, 0.5) is 5.69 Å². The van der Waals surface area contributed by atoms with E-state index in [2.05, 4.69) is 5.32 Å². The molecule has 0 aliphatic rings. The number of hydrogen-bond donors (Lipinski definition) is 1. The Morgan fingerprint density at radius 1 is 0.882 bits per heavy atom. The summed E-state index contributed by atoms with van der Waals surface area (Å²) in [4.78, 5) is 13.0. The first-order valence-electron chi connectivity index (χ1n) is 11.3. The Bertz CT molecular complexity index is 1170. The van der Waals surface area contributed by atoms with Gasteiger partial charge in [-0.2, -0.15) is 5.26 Å². The molecule has 0 spiro atoms. The van der Waals surface area contributed by atoms with Gasteiger partial charge in [0.15, 0.2) is 5.75 Å². The van der Waals surface area contributed by atoms with E-state index < -0.39 is 5.91 Å². The van der Waals surface area contributed by atoms with Gasteiger partial charge in [0.05, 0.1) is 18.9 Å². The van der Waals surface area contributed by atoms with Gasteiger partial charge in [0.1, 0.15) is 28.9 Å². The van der Waals surface area contributed by atoms with Crippen LogP contribution in [0.5, 0.6) is 23.0 Å². The summed E-state index contributed by atoms with van der Waals surface area (Å²) in [6, 6.07) is 23.7. The molecule has 34 heavy (non-hydrogen) atoms. The van der Waals surface area contributed by atoms with E-state index in [0.29, 0.717) is 47.5 Å². The molecule has 0 saturated heterocycles. The van der Waals surface area contributed by atoms with Gasteiger partial charge in [0, 0.05) is 11.6 Å². The second kappa shape index (κ2) is 12.7. The number of anilines is 1. The van der Waals surface area contributed by atoms with Crippen molar-refractivity contribution in [3.05, 3.63) is 83.9 Å². The Kier molecular flexibility index (Phi) is 9.12. The molecule has 6 heteroatoms. The maximum absolute atomic E-state index is 13.0. The Morgan fingerprint density at radius 3 is 2.32 bits per heavy atom. The molecule has 0 saturated carbocycles. The first kappa shape index (κ1) is 24.4. The second-order valence-corrected chi connectivity index (χ2v) is 7.43. The molecular weight excluding hydrogens is 428 g/mol. The van der Waals surface area contributed by atoms with Gasteiger partial charge in [-0.05, 0) is 55.3 Å². The third kappa shape index (κ3) is 6.88. The fraction of sp³-hybridized carbons (Fsp3) is 0.214. The molecule has 3 aromatic rings. The number of amides is 1. The molecule has 1 amide bonds.